The molecule has 0 radical (unpaired) electrons. The first kappa shape index (κ1) is 28.1. The Morgan fingerprint density at radius 2 is 1.75 bits per heavy atom. The highest BCUT2D eigenvalue weighted by molar-refractivity contribution is 7.90. The zero-order valence-electron chi connectivity index (χ0n) is 19.7. The number of benzene rings is 1. The zero-order valence-corrected chi connectivity index (χ0v) is 20.6. The lowest BCUT2D eigenvalue weighted by Crippen LogP contribution is -2.49. The summed E-state index contributed by atoms with van der Waals surface area (Å²) in [5.74, 6) is -1.22. The van der Waals surface area contributed by atoms with Gasteiger partial charge in [0.2, 0.25) is 5.91 Å². The average molecular weight is 471 g/mol. The third kappa shape index (κ3) is 11.1. The maximum atomic E-state index is 13.1. The number of sulfone groups is 1. The van der Waals surface area contributed by atoms with Crippen molar-refractivity contribution < 1.29 is 27.5 Å². The van der Waals surface area contributed by atoms with Gasteiger partial charge in [0.15, 0.2) is 0 Å². The third-order valence-corrected chi connectivity index (χ3v) is 6.13. The first-order valence-corrected chi connectivity index (χ1v) is 13.1. The number of amides is 1. The van der Waals surface area contributed by atoms with Gasteiger partial charge in [-0.3, -0.25) is 4.79 Å². The molecule has 0 fully saturated rings. The first-order valence-electron chi connectivity index (χ1n) is 11.0. The molecule has 182 valence electrons. The van der Waals surface area contributed by atoms with Crippen LogP contribution in [0.1, 0.15) is 46.1 Å². The van der Waals surface area contributed by atoms with E-state index in [4.69, 9.17) is 15.2 Å². The zero-order chi connectivity index (χ0) is 24.3. The van der Waals surface area contributed by atoms with Crippen molar-refractivity contribution in [3.05, 3.63) is 35.9 Å². The van der Waals surface area contributed by atoms with E-state index in [1.807, 2.05) is 44.2 Å². The van der Waals surface area contributed by atoms with Crippen LogP contribution in [-0.2, 0) is 35.3 Å². The molecule has 0 aromatic heterocycles. The maximum absolute atomic E-state index is 13.1. The Morgan fingerprint density at radius 3 is 2.28 bits per heavy atom. The number of nitrogens with two attached hydrogens (primary N) is 1. The van der Waals surface area contributed by atoms with Crippen molar-refractivity contribution in [1.82, 2.24) is 5.32 Å². The molecule has 1 amide bonds. The molecule has 0 saturated carbocycles. The van der Waals surface area contributed by atoms with E-state index in [1.165, 1.54) is 0 Å². The van der Waals surface area contributed by atoms with E-state index < -0.39 is 40.0 Å². The molecule has 1 aromatic rings. The van der Waals surface area contributed by atoms with Crippen LogP contribution in [0.4, 0.5) is 0 Å². The summed E-state index contributed by atoms with van der Waals surface area (Å²) in [4.78, 5) is 25.6. The van der Waals surface area contributed by atoms with Crippen LogP contribution in [0.3, 0.4) is 0 Å². The highest BCUT2D eigenvalue weighted by Gasteiger charge is 2.29. The first-order chi connectivity index (χ1) is 14.9. The minimum Gasteiger partial charge on any atom is -0.461 e. The van der Waals surface area contributed by atoms with Gasteiger partial charge in [-0.25, -0.2) is 13.2 Å². The summed E-state index contributed by atoms with van der Waals surface area (Å²) in [6, 6.07) is 8.04. The molecule has 0 aliphatic heterocycles. The second-order valence-corrected chi connectivity index (χ2v) is 10.8. The van der Waals surface area contributed by atoms with Crippen LogP contribution < -0.4 is 11.1 Å². The number of hydrogen-bond acceptors (Lipinski definition) is 7. The summed E-state index contributed by atoms with van der Waals surface area (Å²) >= 11 is 0. The van der Waals surface area contributed by atoms with Gasteiger partial charge in [0.05, 0.1) is 18.5 Å². The van der Waals surface area contributed by atoms with Crippen molar-refractivity contribution in [2.75, 3.05) is 18.6 Å². The Bertz CT molecular complexity index is 813. The second-order valence-electron chi connectivity index (χ2n) is 8.53. The minimum absolute atomic E-state index is 0.0828. The molecule has 32 heavy (non-hydrogen) atoms. The summed E-state index contributed by atoms with van der Waals surface area (Å²) in [6.07, 6.45) is 0.884. The second kappa shape index (κ2) is 13.5. The molecule has 8 nitrogen and oxygen atoms in total. The van der Waals surface area contributed by atoms with Crippen LogP contribution in [0.15, 0.2) is 30.3 Å². The number of carbonyl (C=O) groups is 2. The van der Waals surface area contributed by atoms with E-state index in [-0.39, 0.29) is 37.2 Å². The van der Waals surface area contributed by atoms with E-state index >= 15 is 0 Å². The predicted molar refractivity (Wildman–Crippen MR) is 125 cm³/mol. The molecule has 0 bridgehead atoms. The maximum Gasteiger partial charge on any atom is 0.328 e. The van der Waals surface area contributed by atoms with E-state index in [2.05, 4.69) is 5.32 Å². The van der Waals surface area contributed by atoms with E-state index in [9.17, 15) is 18.0 Å². The molecular formula is C23H38N2O6S. The number of esters is 1. The van der Waals surface area contributed by atoms with E-state index in [0.29, 0.717) is 0 Å². The summed E-state index contributed by atoms with van der Waals surface area (Å²) in [5.41, 5.74) is 7.06. The summed E-state index contributed by atoms with van der Waals surface area (Å²) in [7, 11) is -3.33. The molecule has 0 aliphatic rings. The lowest BCUT2D eigenvalue weighted by molar-refractivity contribution is -0.152. The normalized spacial score (nSPS) is 15.6. The number of rotatable bonds is 14. The molecule has 9 heteroatoms. The molecule has 1 rings (SSSR count). The highest BCUT2D eigenvalue weighted by atomic mass is 32.2. The molecule has 0 spiro atoms. The number of nitrogens with one attached hydrogen (secondary N) is 1. The summed E-state index contributed by atoms with van der Waals surface area (Å²) < 4.78 is 34.3. The number of hydrogen-bond donors (Lipinski definition) is 2. The van der Waals surface area contributed by atoms with Crippen LogP contribution in [0, 0.1) is 5.92 Å². The molecule has 0 aliphatic carbocycles. The number of ether oxygens (including phenoxy) is 2. The van der Waals surface area contributed by atoms with Crippen molar-refractivity contribution in [2.24, 2.45) is 11.7 Å². The van der Waals surface area contributed by atoms with Crippen LogP contribution in [0.5, 0.6) is 0 Å². The van der Waals surface area contributed by atoms with Crippen molar-refractivity contribution in [2.45, 2.75) is 71.2 Å². The topological polar surface area (TPSA) is 125 Å². The van der Waals surface area contributed by atoms with Gasteiger partial charge in [0, 0.05) is 18.7 Å². The lowest BCUT2D eigenvalue weighted by atomic mass is 10.0. The van der Waals surface area contributed by atoms with E-state index in [0.717, 1.165) is 18.2 Å². The molecular weight excluding hydrogens is 432 g/mol. The van der Waals surface area contributed by atoms with Crippen LogP contribution in [0.2, 0.25) is 0 Å². The monoisotopic (exact) mass is 470 g/mol. The molecule has 4 atom stereocenters. The van der Waals surface area contributed by atoms with Crippen LogP contribution in [0.25, 0.3) is 0 Å². The van der Waals surface area contributed by atoms with Gasteiger partial charge >= 0.3 is 5.97 Å². The molecule has 0 saturated heterocycles. The highest BCUT2D eigenvalue weighted by Crippen LogP contribution is 2.12. The number of carbonyl (C=O) groups excluding carboxylic acids is 2. The summed E-state index contributed by atoms with van der Waals surface area (Å²) in [5, 5.41) is 2.64. The van der Waals surface area contributed by atoms with E-state index in [1.54, 1.807) is 13.8 Å². The average Bonchev–Trinajstić information content (AvgIpc) is 2.72. The van der Waals surface area contributed by atoms with Gasteiger partial charge in [0.1, 0.15) is 22.0 Å². The van der Waals surface area contributed by atoms with Crippen molar-refractivity contribution in [3.8, 4) is 0 Å². The van der Waals surface area contributed by atoms with Crippen molar-refractivity contribution >= 4 is 21.7 Å². The quantitative estimate of drug-likeness (QED) is 0.398. The standard InChI is InChI=1S/C23H38N2O6S/c1-6-17(4)19(24)15-30-21(14-18-10-8-7-9-11-18)22(26)25-20(12-13-32(5,28)29)23(27)31-16(2)3/h7-11,16-17,19-21H,6,12-15,24H2,1-5H3,(H,25,26)/t17-,19+,20-,21+/m0/s1. The Kier molecular flexibility index (Phi) is 11.9. The molecule has 0 unspecified atom stereocenters. The van der Waals surface area contributed by atoms with Gasteiger partial charge in [-0.05, 0) is 31.7 Å². The van der Waals surface area contributed by atoms with Gasteiger partial charge in [0.25, 0.3) is 0 Å². The smallest absolute Gasteiger partial charge is 0.328 e. The SMILES string of the molecule is CC[C@H](C)[C@H](N)CO[C@H](Cc1ccccc1)C(=O)N[C@@H](CCS(C)(=O)=O)C(=O)OC(C)C. The van der Waals surface area contributed by atoms with Crippen molar-refractivity contribution in [3.63, 3.8) is 0 Å². The lowest BCUT2D eigenvalue weighted by Gasteiger charge is -2.25. The van der Waals surface area contributed by atoms with Gasteiger partial charge in [-0.2, -0.15) is 0 Å². The van der Waals surface area contributed by atoms with Crippen molar-refractivity contribution in [1.29, 1.82) is 0 Å². The Morgan fingerprint density at radius 1 is 1.12 bits per heavy atom. The summed E-state index contributed by atoms with van der Waals surface area (Å²) in [6.45, 7) is 7.61. The fraction of sp³-hybridized carbons (Fsp3) is 0.652. The Hall–Kier alpha value is -1.97. The van der Waals surface area contributed by atoms with Gasteiger partial charge in [-0.15, -0.1) is 0 Å². The Balaban J connectivity index is 2.99. The van der Waals surface area contributed by atoms with Crippen LogP contribution in [-0.4, -0.2) is 63.2 Å². The van der Waals surface area contributed by atoms with Gasteiger partial charge in [-0.1, -0.05) is 50.6 Å². The van der Waals surface area contributed by atoms with Crippen LogP contribution >= 0.6 is 0 Å². The fourth-order valence-electron chi connectivity index (χ4n) is 2.91. The predicted octanol–water partition coefficient (Wildman–Crippen LogP) is 1.86. The fourth-order valence-corrected chi connectivity index (χ4v) is 3.57. The minimum atomic E-state index is -3.33. The largest absolute Gasteiger partial charge is 0.461 e. The molecule has 1 aromatic carbocycles. The Labute approximate surface area is 192 Å². The van der Waals surface area contributed by atoms with Gasteiger partial charge < -0.3 is 20.5 Å². The molecule has 3 N–H and O–H groups in total. The molecule has 0 heterocycles. The third-order valence-electron chi connectivity index (χ3n) is 5.15.